The molecule has 0 aliphatic carbocycles. The van der Waals surface area contributed by atoms with Crippen LogP contribution in [0.5, 0.6) is 0 Å². The van der Waals surface area contributed by atoms with Crippen molar-refractivity contribution >= 4 is 47.5 Å². The number of carboxylic acid groups (broad SMARTS) is 3. The molecule has 0 bridgehead atoms. The first-order valence-electron chi connectivity index (χ1n) is 3.81. The summed E-state index contributed by atoms with van der Waals surface area (Å²) in [5, 5.41) is 40.4. The van der Waals surface area contributed by atoms with Gasteiger partial charge in [-0.1, -0.05) is 6.58 Å². The zero-order valence-corrected chi connectivity index (χ0v) is 8.32. The second-order valence-electron chi connectivity index (χ2n) is 2.65. The Bertz CT molecular complexity index is 270. The molecule has 0 saturated heterocycles. The number of carbonyl (C=O) groups is 3. The molecule has 2 unspecified atom stereocenters. The molecule has 0 saturated carbocycles. The number of carboxylic acids is 3. The van der Waals surface area contributed by atoms with Crippen LogP contribution in [0.3, 0.4) is 0 Å². The molecule has 0 spiro atoms. The molecule has 5 N–H and O–H groups in total. The SMILES string of the molecule is C=C(C)C(=O)O.O=C(O)C(O)C(O)C(=O)O.[NaH]. The third-order valence-corrected chi connectivity index (χ3v) is 1.17. The fraction of sp³-hybridized carbons (Fsp3) is 0.375. The molecule has 0 aromatic carbocycles. The van der Waals surface area contributed by atoms with E-state index in [-0.39, 0.29) is 35.1 Å². The monoisotopic (exact) mass is 260 g/mol. The first-order chi connectivity index (χ1) is 7.11. The number of aliphatic hydroxyl groups is 2. The van der Waals surface area contributed by atoms with Gasteiger partial charge in [0.25, 0.3) is 0 Å². The molecule has 0 radical (unpaired) electrons. The Morgan fingerprint density at radius 1 is 0.941 bits per heavy atom. The van der Waals surface area contributed by atoms with Gasteiger partial charge in [0.2, 0.25) is 0 Å². The van der Waals surface area contributed by atoms with Gasteiger partial charge in [-0.25, -0.2) is 14.4 Å². The van der Waals surface area contributed by atoms with Gasteiger partial charge in [-0.3, -0.25) is 0 Å². The molecular weight excluding hydrogens is 247 g/mol. The Morgan fingerprint density at radius 3 is 1.18 bits per heavy atom. The topological polar surface area (TPSA) is 152 Å². The Balaban J connectivity index is -0.000000244. The van der Waals surface area contributed by atoms with Crippen molar-refractivity contribution in [2.24, 2.45) is 0 Å². The van der Waals surface area contributed by atoms with Gasteiger partial charge in [0.05, 0.1) is 0 Å². The minimum atomic E-state index is -2.27. The van der Waals surface area contributed by atoms with E-state index in [4.69, 9.17) is 25.5 Å². The zero-order valence-electron chi connectivity index (χ0n) is 8.32. The van der Waals surface area contributed by atoms with Crippen molar-refractivity contribution in [3.63, 3.8) is 0 Å². The Hall–Kier alpha value is -0.930. The van der Waals surface area contributed by atoms with Crippen molar-refractivity contribution < 1.29 is 39.9 Å². The fourth-order valence-electron chi connectivity index (χ4n) is 0.270. The summed E-state index contributed by atoms with van der Waals surface area (Å²) >= 11 is 0. The van der Waals surface area contributed by atoms with E-state index in [9.17, 15) is 14.4 Å². The van der Waals surface area contributed by atoms with E-state index in [2.05, 4.69) is 6.58 Å². The first kappa shape index (κ1) is 21.4. The summed E-state index contributed by atoms with van der Waals surface area (Å²) in [6.45, 7) is 4.60. The third-order valence-electron chi connectivity index (χ3n) is 1.17. The maximum absolute atomic E-state index is 9.77. The average Bonchev–Trinajstić information content (AvgIpc) is 2.15. The van der Waals surface area contributed by atoms with Crippen molar-refractivity contribution in [1.82, 2.24) is 0 Å². The number of aliphatic hydroxyl groups excluding tert-OH is 2. The molecule has 8 nitrogen and oxygen atoms in total. The van der Waals surface area contributed by atoms with Crippen LogP contribution in [0.1, 0.15) is 6.92 Å². The van der Waals surface area contributed by atoms with Gasteiger partial charge in [0, 0.05) is 5.57 Å². The molecule has 0 aromatic heterocycles. The van der Waals surface area contributed by atoms with Crippen molar-refractivity contribution in [1.29, 1.82) is 0 Å². The van der Waals surface area contributed by atoms with E-state index in [1.165, 1.54) is 6.92 Å². The van der Waals surface area contributed by atoms with E-state index >= 15 is 0 Å². The van der Waals surface area contributed by atoms with Crippen LogP contribution in [0.2, 0.25) is 0 Å². The van der Waals surface area contributed by atoms with Crippen molar-refractivity contribution in [3.8, 4) is 0 Å². The summed E-state index contributed by atoms with van der Waals surface area (Å²) in [7, 11) is 0. The molecule has 0 aromatic rings. The molecule has 0 aliphatic heterocycles. The molecule has 0 fully saturated rings. The van der Waals surface area contributed by atoms with Crippen LogP contribution in [0, 0.1) is 0 Å². The van der Waals surface area contributed by atoms with Gasteiger partial charge in [-0.2, -0.15) is 0 Å². The van der Waals surface area contributed by atoms with Crippen LogP contribution in [0.15, 0.2) is 12.2 Å². The summed E-state index contributed by atoms with van der Waals surface area (Å²) in [5.41, 5.74) is 0.176. The average molecular weight is 260 g/mol. The number of hydrogen-bond acceptors (Lipinski definition) is 5. The van der Waals surface area contributed by atoms with E-state index in [0.717, 1.165) is 0 Å². The minimum absolute atomic E-state index is 0. The van der Waals surface area contributed by atoms with E-state index in [1.54, 1.807) is 0 Å². The van der Waals surface area contributed by atoms with Crippen LogP contribution in [-0.2, 0) is 14.4 Å². The van der Waals surface area contributed by atoms with E-state index in [0.29, 0.717) is 0 Å². The first-order valence-corrected chi connectivity index (χ1v) is 3.81. The molecular formula is C8H13NaO8. The fourth-order valence-corrected chi connectivity index (χ4v) is 0.270. The van der Waals surface area contributed by atoms with Crippen molar-refractivity contribution in [3.05, 3.63) is 12.2 Å². The molecule has 0 rings (SSSR count). The zero-order chi connectivity index (χ0) is 13.5. The third kappa shape index (κ3) is 11.3. The predicted octanol–water partition coefficient (Wildman–Crippen LogP) is -2.12. The summed E-state index contributed by atoms with van der Waals surface area (Å²) in [6, 6.07) is 0. The van der Waals surface area contributed by atoms with Gasteiger partial charge >= 0.3 is 47.5 Å². The van der Waals surface area contributed by atoms with Gasteiger partial charge in [0.1, 0.15) is 0 Å². The van der Waals surface area contributed by atoms with Crippen LogP contribution in [0.25, 0.3) is 0 Å². The summed E-state index contributed by atoms with van der Waals surface area (Å²) in [6.07, 6.45) is -4.53. The normalized spacial score (nSPS) is 11.9. The standard InChI is InChI=1S/C4H6O6.C4H6O2.Na.H/c5-1(3(7)8)2(6)4(9)10;1-3(2)4(5)6;;/h1-2,5-6H,(H,7,8)(H,9,10);1H2,2H3,(H,5,6);;. The van der Waals surface area contributed by atoms with E-state index < -0.39 is 30.1 Å². The number of aliphatic carboxylic acids is 3. The number of hydrogen-bond donors (Lipinski definition) is 5. The Kier molecular flexibility index (Phi) is 12.9. The van der Waals surface area contributed by atoms with Gasteiger partial charge in [-0.05, 0) is 6.92 Å². The summed E-state index contributed by atoms with van der Waals surface area (Å²) < 4.78 is 0. The summed E-state index contributed by atoms with van der Waals surface area (Å²) in [4.78, 5) is 29.1. The second-order valence-corrected chi connectivity index (χ2v) is 2.65. The van der Waals surface area contributed by atoms with Gasteiger partial charge < -0.3 is 25.5 Å². The summed E-state index contributed by atoms with van der Waals surface area (Å²) in [5.74, 6) is -4.47. The van der Waals surface area contributed by atoms with Gasteiger partial charge in [-0.15, -0.1) is 0 Å². The Morgan fingerprint density at radius 2 is 1.12 bits per heavy atom. The molecule has 0 heterocycles. The van der Waals surface area contributed by atoms with Crippen LogP contribution in [-0.4, -0.2) is 85.2 Å². The number of rotatable bonds is 4. The Labute approximate surface area is 118 Å². The molecule has 9 heteroatoms. The molecule has 2 atom stereocenters. The quantitative estimate of drug-likeness (QED) is 0.284. The van der Waals surface area contributed by atoms with Gasteiger partial charge in [0.15, 0.2) is 12.2 Å². The molecule has 0 aliphatic rings. The van der Waals surface area contributed by atoms with Crippen LogP contribution < -0.4 is 0 Å². The second kappa shape index (κ2) is 10.2. The van der Waals surface area contributed by atoms with Crippen LogP contribution in [0.4, 0.5) is 0 Å². The molecule has 94 valence electrons. The van der Waals surface area contributed by atoms with E-state index in [1.807, 2.05) is 0 Å². The van der Waals surface area contributed by atoms with Crippen LogP contribution >= 0.6 is 0 Å². The maximum atomic E-state index is 9.77. The molecule has 0 amide bonds. The molecule has 17 heavy (non-hydrogen) atoms. The van der Waals surface area contributed by atoms with Crippen molar-refractivity contribution in [2.45, 2.75) is 19.1 Å². The van der Waals surface area contributed by atoms with Crippen molar-refractivity contribution in [2.75, 3.05) is 0 Å². The predicted molar refractivity (Wildman–Crippen MR) is 56.9 cm³/mol.